The standard InChI is InChI=1S/C20H32N4O4/c1-15(2)12-23-8-9-28-19(13-23)11-21-20(25)14-22(4)16(3)17-6-5-7-18(10-17)24(26)27/h5-7,10,15-16,19H,8-9,11-14H2,1-4H3,(H,21,25)/t16-,19-/m0/s1. The average Bonchev–Trinajstić information content (AvgIpc) is 2.65. The van der Waals surface area contributed by atoms with Crippen molar-refractivity contribution < 1.29 is 14.5 Å². The molecule has 1 heterocycles. The van der Waals surface area contributed by atoms with Crippen LogP contribution in [-0.4, -0.2) is 73.1 Å². The van der Waals surface area contributed by atoms with Crippen molar-refractivity contribution >= 4 is 11.6 Å². The molecular formula is C20H32N4O4. The highest BCUT2D eigenvalue weighted by Gasteiger charge is 2.22. The molecule has 1 aliphatic heterocycles. The third kappa shape index (κ3) is 6.85. The number of nitro benzene ring substituents is 1. The maximum absolute atomic E-state index is 12.3. The second kappa shape index (κ2) is 10.5. The maximum Gasteiger partial charge on any atom is 0.269 e. The summed E-state index contributed by atoms with van der Waals surface area (Å²) in [6.07, 6.45) is 0.0101. The van der Waals surface area contributed by atoms with Gasteiger partial charge in [0.25, 0.3) is 5.69 Å². The van der Waals surface area contributed by atoms with E-state index < -0.39 is 4.92 Å². The Morgan fingerprint density at radius 3 is 2.86 bits per heavy atom. The van der Waals surface area contributed by atoms with Crippen LogP contribution in [0.3, 0.4) is 0 Å². The summed E-state index contributed by atoms with van der Waals surface area (Å²) in [6.45, 7) is 10.5. The van der Waals surface area contributed by atoms with Crippen molar-refractivity contribution in [2.24, 2.45) is 5.92 Å². The fraction of sp³-hybridized carbons (Fsp3) is 0.650. The highest BCUT2D eigenvalue weighted by atomic mass is 16.6. The fourth-order valence-electron chi connectivity index (χ4n) is 3.39. The lowest BCUT2D eigenvalue weighted by molar-refractivity contribution is -0.384. The van der Waals surface area contributed by atoms with Crippen molar-refractivity contribution in [1.82, 2.24) is 15.1 Å². The molecule has 8 nitrogen and oxygen atoms in total. The van der Waals surface area contributed by atoms with E-state index in [-0.39, 0.29) is 30.3 Å². The van der Waals surface area contributed by atoms with E-state index in [1.54, 1.807) is 12.1 Å². The predicted octanol–water partition coefficient (Wildman–Crippen LogP) is 2.06. The summed E-state index contributed by atoms with van der Waals surface area (Å²) in [5, 5.41) is 13.9. The largest absolute Gasteiger partial charge is 0.374 e. The molecule has 0 saturated carbocycles. The van der Waals surface area contributed by atoms with Crippen LogP contribution in [0.5, 0.6) is 0 Å². The molecule has 0 unspecified atom stereocenters. The molecule has 1 amide bonds. The molecule has 28 heavy (non-hydrogen) atoms. The van der Waals surface area contributed by atoms with E-state index in [1.165, 1.54) is 6.07 Å². The molecule has 1 fully saturated rings. The van der Waals surface area contributed by atoms with Crippen LogP contribution in [0.2, 0.25) is 0 Å². The summed E-state index contributed by atoms with van der Waals surface area (Å²) in [4.78, 5) is 27.1. The molecule has 2 rings (SSSR count). The van der Waals surface area contributed by atoms with Crippen LogP contribution in [0.1, 0.15) is 32.4 Å². The van der Waals surface area contributed by atoms with Gasteiger partial charge in [-0.05, 0) is 25.5 Å². The zero-order valence-electron chi connectivity index (χ0n) is 17.3. The number of carbonyl (C=O) groups excluding carboxylic acids is 1. The van der Waals surface area contributed by atoms with E-state index in [2.05, 4.69) is 24.1 Å². The highest BCUT2D eigenvalue weighted by molar-refractivity contribution is 5.78. The van der Waals surface area contributed by atoms with E-state index in [9.17, 15) is 14.9 Å². The highest BCUT2D eigenvalue weighted by Crippen LogP contribution is 2.22. The van der Waals surface area contributed by atoms with Gasteiger partial charge in [-0.15, -0.1) is 0 Å². The molecule has 0 radical (unpaired) electrons. The SMILES string of the molecule is CC(C)CN1CCO[C@@H](CNC(=O)CN(C)[C@@H](C)c2cccc([N+](=O)[O-])c2)C1. The Morgan fingerprint density at radius 1 is 1.43 bits per heavy atom. The van der Waals surface area contributed by atoms with Gasteiger partial charge < -0.3 is 10.1 Å². The lowest BCUT2D eigenvalue weighted by Gasteiger charge is -2.34. The zero-order chi connectivity index (χ0) is 20.7. The molecule has 2 atom stereocenters. The van der Waals surface area contributed by atoms with Crippen LogP contribution >= 0.6 is 0 Å². The first-order valence-corrected chi connectivity index (χ1v) is 9.81. The Hall–Kier alpha value is -2.03. The van der Waals surface area contributed by atoms with Crippen molar-refractivity contribution in [3.63, 3.8) is 0 Å². The first-order valence-electron chi connectivity index (χ1n) is 9.81. The summed E-state index contributed by atoms with van der Waals surface area (Å²) >= 11 is 0. The van der Waals surface area contributed by atoms with Crippen molar-refractivity contribution in [3.8, 4) is 0 Å². The van der Waals surface area contributed by atoms with Gasteiger partial charge in [0.05, 0.1) is 24.2 Å². The molecule has 0 bridgehead atoms. The van der Waals surface area contributed by atoms with Gasteiger partial charge in [-0.3, -0.25) is 24.7 Å². The van der Waals surface area contributed by atoms with E-state index in [1.807, 2.05) is 24.9 Å². The van der Waals surface area contributed by atoms with Gasteiger partial charge in [-0.25, -0.2) is 0 Å². The van der Waals surface area contributed by atoms with Crippen LogP contribution in [0.15, 0.2) is 24.3 Å². The van der Waals surface area contributed by atoms with Gasteiger partial charge in [-0.2, -0.15) is 0 Å². The third-order valence-electron chi connectivity index (χ3n) is 4.99. The second-order valence-corrected chi connectivity index (χ2v) is 7.89. The Labute approximate surface area is 167 Å². The number of nitrogens with zero attached hydrogens (tertiary/aromatic N) is 3. The van der Waals surface area contributed by atoms with Gasteiger partial charge in [0.2, 0.25) is 5.91 Å². The Balaban J connectivity index is 1.80. The minimum absolute atomic E-state index is 0.0101. The number of rotatable bonds is 9. The van der Waals surface area contributed by atoms with Crippen LogP contribution in [-0.2, 0) is 9.53 Å². The molecule has 1 aliphatic rings. The number of hydrogen-bond donors (Lipinski definition) is 1. The van der Waals surface area contributed by atoms with Gasteiger partial charge in [0.15, 0.2) is 0 Å². The monoisotopic (exact) mass is 392 g/mol. The third-order valence-corrected chi connectivity index (χ3v) is 4.99. The van der Waals surface area contributed by atoms with Gasteiger partial charge in [0, 0.05) is 44.4 Å². The van der Waals surface area contributed by atoms with Crippen molar-refractivity contribution in [2.75, 3.05) is 46.4 Å². The first kappa shape index (κ1) is 22.3. The van der Waals surface area contributed by atoms with Crippen molar-refractivity contribution in [2.45, 2.75) is 32.9 Å². The molecule has 0 aromatic heterocycles. The number of carbonyl (C=O) groups is 1. The number of non-ortho nitro benzene ring substituents is 1. The lowest BCUT2D eigenvalue weighted by Crippen LogP contribution is -2.49. The van der Waals surface area contributed by atoms with E-state index in [0.717, 1.165) is 25.2 Å². The van der Waals surface area contributed by atoms with Gasteiger partial charge >= 0.3 is 0 Å². The molecule has 1 saturated heterocycles. The summed E-state index contributed by atoms with van der Waals surface area (Å²) < 4.78 is 5.76. The Bertz CT molecular complexity index is 667. The number of ether oxygens (including phenoxy) is 1. The molecule has 1 N–H and O–H groups in total. The van der Waals surface area contributed by atoms with Gasteiger partial charge in [0.1, 0.15) is 0 Å². The molecule has 156 valence electrons. The summed E-state index contributed by atoms with van der Waals surface area (Å²) in [7, 11) is 1.84. The lowest BCUT2D eigenvalue weighted by atomic mass is 10.1. The van der Waals surface area contributed by atoms with Crippen LogP contribution in [0.4, 0.5) is 5.69 Å². The number of nitrogens with one attached hydrogen (secondary N) is 1. The molecule has 1 aromatic rings. The van der Waals surface area contributed by atoms with Gasteiger partial charge in [-0.1, -0.05) is 26.0 Å². The first-order chi connectivity index (χ1) is 13.3. The van der Waals surface area contributed by atoms with Crippen LogP contribution in [0.25, 0.3) is 0 Å². The summed E-state index contributed by atoms with van der Waals surface area (Å²) in [5.74, 6) is 0.529. The number of hydrogen-bond acceptors (Lipinski definition) is 6. The summed E-state index contributed by atoms with van der Waals surface area (Å²) in [5.41, 5.74) is 0.868. The average molecular weight is 393 g/mol. The fourth-order valence-corrected chi connectivity index (χ4v) is 3.39. The Kier molecular flexibility index (Phi) is 8.35. The van der Waals surface area contributed by atoms with Crippen molar-refractivity contribution in [1.29, 1.82) is 0 Å². The summed E-state index contributed by atoms with van der Waals surface area (Å²) in [6, 6.07) is 6.42. The number of benzene rings is 1. The van der Waals surface area contributed by atoms with E-state index >= 15 is 0 Å². The minimum Gasteiger partial charge on any atom is -0.374 e. The van der Waals surface area contributed by atoms with E-state index in [4.69, 9.17) is 4.74 Å². The van der Waals surface area contributed by atoms with Crippen LogP contribution in [0, 0.1) is 16.0 Å². The second-order valence-electron chi connectivity index (χ2n) is 7.89. The van der Waals surface area contributed by atoms with E-state index in [0.29, 0.717) is 19.1 Å². The molecule has 0 aliphatic carbocycles. The number of likely N-dealkylation sites (N-methyl/N-ethyl adjacent to an activating group) is 1. The smallest absolute Gasteiger partial charge is 0.269 e. The topological polar surface area (TPSA) is 88.0 Å². The Morgan fingerprint density at radius 2 is 2.18 bits per heavy atom. The molecular weight excluding hydrogens is 360 g/mol. The normalized spacial score (nSPS) is 19.0. The number of morpholine rings is 1. The quantitative estimate of drug-likeness (QED) is 0.511. The zero-order valence-corrected chi connectivity index (χ0v) is 17.3. The molecule has 1 aromatic carbocycles. The molecule has 8 heteroatoms. The predicted molar refractivity (Wildman–Crippen MR) is 108 cm³/mol. The number of nitro groups is 1. The molecule has 0 spiro atoms. The maximum atomic E-state index is 12.3. The minimum atomic E-state index is -0.407. The number of amides is 1. The van der Waals surface area contributed by atoms with Crippen LogP contribution < -0.4 is 5.32 Å². The van der Waals surface area contributed by atoms with Crippen molar-refractivity contribution in [3.05, 3.63) is 39.9 Å².